The first kappa shape index (κ1) is 17.1. The van der Waals surface area contributed by atoms with Gasteiger partial charge in [-0.2, -0.15) is 0 Å². The molecule has 22 heavy (non-hydrogen) atoms. The molecular weight excluding hydrogens is 278 g/mol. The third-order valence-corrected chi connectivity index (χ3v) is 4.59. The third-order valence-electron chi connectivity index (χ3n) is 4.59. The molecule has 2 aliphatic rings. The van der Waals surface area contributed by atoms with Gasteiger partial charge >= 0.3 is 6.03 Å². The van der Waals surface area contributed by atoms with E-state index < -0.39 is 0 Å². The number of amides is 2. The zero-order chi connectivity index (χ0) is 15.9. The number of morpholine rings is 1. The molecule has 0 saturated carbocycles. The second kappa shape index (κ2) is 8.40. The molecule has 0 aromatic carbocycles. The largest absolute Gasteiger partial charge is 0.373 e. The Morgan fingerprint density at radius 1 is 1.27 bits per heavy atom. The minimum absolute atomic E-state index is 0.0211. The highest BCUT2D eigenvalue weighted by Gasteiger charge is 2.25. The molecule has 0 bridgehead atoms. The van der Waals surface area contributed by atoms with Gasteiger partial charge in [0, 0.05) is 26.2 Å². The summed E-state index contributed by atoms with van der Waals surface area (Å²) in [4.78, 5) is 16.2. The highest BCUT2D eigenvalue weighted by atomic mass is 16.5. The number of terminal acetylenes is 1. The number of nitrogens with zero attached hydrogens (tertiary/aromatic N) is 2. The summed E-state index contributed by atoms with van der Waals surface area (Å²) in [6.45, 7) is 9.52. The van der Waals surface area contributed by atoms with Crippen LogP contribution in [0.5, 0.6) is 0 Å². The molecule has 0 aromatic rings. The maximum Gasteiger partial charge on any atom is 0.318 e. The number of carbonyl (C=O) groups excluding carboxylic acids is 1. The maximum atomic E-state index is 11.8. The zero-order valence-electron chi connectivity index (χ0n) is 13.9. The second-order valence-corrected chi connectivity index (χ2v) is 6.60. The van der Waals surface area contributed by atoms with Crippen molar-refractivity contribution in [3.63, 3.8) is 0 Å². The SMILES string of the molecule is C#CCNC(=O)N1CCC(CCN2C[C@H](C)O[C@@H](C)C2)CC1. The number of piperidine rings is 1. The van der Waals surface area contributed by atoms with Crippen molar-refractivity contribution in [3.8, 4) is 12.3 Å². The fraction of sp³-hybridized carbons (Fsp3) is 0.824. The van der Waals surface area contributed by atoms with E-state index in [9.17, 15) is 4.79 Å². The lowest BCUT2D eigenvalue weighted by atomic mass is 9.93. The Kier molecular flexibility index (Phi) is 6.53. The van der Waals surface area contributed by atoms with E-state index in [1.165, 1.54) is 6.42 Å². The van der Waals surface area contributed by atoms with Crippen LogP contribution >= 0.6 is 0 Å². The molecule has 2 saturated heterocycles. The minimum Gasteiger partial charge on any atom is -0.373 e. The molecular formula is C17H29N3O2. The van der Waals surface area contributed by atoms with Crippen LogP contribution < -0.4 is 5.32 Å². The van der Waals surface area contributed by atoms with Crippen LogP contribution in [0.25, 0.3) is 0 Å². The van der Waals surface area contributed by atoms with Gasteiger partial charge in [0.05, 0.1) is 18.8 Å². The average Bonchev–Trinajstić information content (AvgIpc) is 2.50. The Balaban J connectivity index is 1.65. The topological polar surface area (TPSA) is 44.8 Å². The smallest absolute Gasteiger partial charge is 0.318 e. The van der Waals surface area contributed by atoms with Gasteiger partial charge in [-0.3, -0.25) is 4.90 Å². The van der Waals surface area contributed by atoms with Crippen molar-refractivity contribution in [2.45, 2.75) is 45.3 Å². The summed E-state index contributed by atoms with van der Waals surface area (Å²) in [5.74, 6) is 3.16. The number of hydrogen-bond acceptors (Lipinski definition) is 3. The molecule has 2 rings (SSSR count). The van der Waals surface area contributed by atoms with E-state index in [1.54, 1.807) is 0 Å². The van der Waals surface area contributed by atoms with Gasteiger partial charge in [-0.05, 0) is 45.6 Å². The molecule has 1 N–H and O–H groups in total. The van der Waals surface area contributed by atoms with Gasteiger partial charge in [-0.25, -0.2) is 4.79 Å². The number of urea groups is 1. The molecule has 2 aliphatic heterocycles. The van der Waals surface area contributed by atoms with Gasteiger partial charge in [0.1, 0.15) is 0 Å². The van der Waals surface area contributed by atoms with E-state index in [0.717, 1.165) is 51.5 Å². The molecule has 2 heterocycles. The molecule has 2 atom stereocenters. The van der Waals surface area contributed by atoms with Crippen LogP contribution in [-0.2, 0) is 4.74 Å². The Bertz CT molecular complexity index is 389. The molecule has 5 heteroatoms. The van der Waals surface area contributed by atoms with E-state index in [2.05, 4.69) is 30.0 Å². The summed E-state index contributed by atoms with van der Waals surface area (Å²) in [7, 11) is 0. The second-order valence-electron chi connectivity index (χ2n) is 6.60. The molecule has 0 radical (unpaired) electrons. The van der Waals surface area contributed by atoms with Crippen molar-refractivity contribution in [2.75, 3.05) is 39.3 Å². The number of nitrogens with one attached hydrogen (secondary N) is 1. The van der Waals surface area contributed by atoms with E-state index >= 15 is 0 Å². The monoisotopic (exact) mass is 307 g/mol. The third kappa shape index (κ3) is 5.19. The molecule has 0 unspecified atom stereocenters. The Labute approximate surface area is 134 Å². The van der Waals surface area contributed by atoms with Crippen molar-refractivity contribution in [1.82, 2.24) is 15.1 Å². The molecule has 0 spiro atoms. The highest BCUT2D eigenvalue weighted by Crippen LogP contribution is 2.22. The molecule has 0 aliphatic carbocycles. The first-order valence-corrected chi connectivity index (χ1v) is 8.42. The lowest BCUT2D eigenvalue weighted by Crippen LogP contribution is -2.47. The van der Waals surface area contributed by atoms with Gasteiger partial charge in [-0.1, -0.05) is 5.92 Å². The van der Waals surface area contributed by atoms with Gasteiger partial charge < -0.3 is 15.0 Å². The first-order chi connectivity index (χ1) is 10.6. The van der Waals surface area contributed by atoms with Crippen LogP contribution in [0.15, 0.2) is 0 Å². The number of carbonyl (C=O) groups is 1. The number of hydrogen-bond donors (Lipinski definition) is 1. The lowest BCUT2D eigenvalue weighted by molar-refractivity contribution is -0.0692. The van der Waals surface area contributed by atoms with Crippen LogP contribution in [0.1, 0.15) is 33.1 Å². The van der Waals surface area contributed by atoms with Gasteiger partial charge in [0.15, 0.2) is 0 Å². The average molecular weight is 307 g/mol. The van der Waals surface area contributed by atoms with Crippen LogP contribution in [0.3, 0.4) is 0 Å². The number of ether oxygens (including phenoxy) is 1. The summed E-state index contributed by atoms with van der Waals surface area (Å²) in [6, 6.07) is -0.0211. The zero-order valence-corrected chi connectivity index (χ0v) is 13.9. The lowest BCUT2D eigenvalue weighted by Gasteiger charge is -2.37. The normalized spacial score (nSPS) is 27.4. The summed E-state index contributed by atoms with van der Waals surface area (Å²) < 4.78 is 5.77. The van der Waals surface area contributed by atoms with Crippen molar-refractivity contribution in [1.29, 1.82) is 0 Å². The minimum atomic E-state index is -0.0211. The fourth-order valence-electron chi connectivity index (χ4n) is 3.50. The van der Waals surface area contributed by atoms with Gasteiger partial charge in [0.2, 0.25) is 0 Å². The van der Waals surface area contributed by atoms with Crippen molar-refractivity contribution in [3.05, 3.63) is 0 Å². The Morgan fingerprint density at radius 2 is 1.91 bits per heavy atom. The summed E-state index contributed by atoms with van der Waals surface area (Å²) in [5, 5.41) is 2.74. The van der Waals surface area contributed by atoms with Crippen LogP contribution in [-0.4, -0.2) is 67.3 Å². The highest BCUT2D eigenvalue weighted by molar-refractivity contribution is 5.74. The van der Waals surface area contributed by atoms with E-state index in [1.807, 2.05) is 4.90 Å². The molecule has 2 amide bonds. The summed E-state index contributed by atoms with van der Waals surface area (Å²) in [5.41, 5.74) is 0. The van der Waals surface area contributed by atoms with Crippen LogP contribution in [0.4, 0.5) is 4.79 Å². The fourth-order valence-corrected chi connectivity index (χ4v) is 3.50. The van der Waals surface area contributed by atoms with E-state index in [4.69, 9.17) is 11.2 Å². The van der Waals surface area contributed by atoms with Crippen LogP contribution in [0.2, 0.25) is 0 Å². The van der Waals surface area contributed by atoms with Crippen molar-refractivity contribution < 1.29 is 9.53 Å². The first-order valence-electron chi connectivity index (χ1n) is 8.42. The molecule has 5 nitrogen and oxygen atoms in total. The van der Waals surface area contributed by atoms with Crippen LogP contribution in [0, 0.1) is 18.3 Å². The summed E-state index contributed by atoms with van der Waals surface area (Å²) in [6.07, 6.45) is 9.25. The van der Waals surface area contributed by atoms with E-state index in [-0.39, 0.29) is 6.03 Å². The standard InChI is InChI=1S/C17H29N3O2/c1-4-8-18-17(21)20-10-6-16(7-11-20)5-9-19-12-14(2)22-15(3)13-19/h1,14-16H,5-13H2,2-3H3,(H,18,21)/t14-,15-/m0/s1. The molecule has 124 valence electrons. The quantitative estimate of drug-likeness (QED) is 0.801. The predicted octanol–water partition coefficient (Wildman–Crippen LogP) is 1.54. The number of likely N-dealkylation sites (tertiary alicyclic amines) is 1. The van der Waals surface area contributed by atoms with E-state index in [0.29, 0.717) is 18.8 Å². The molecule has 0 aromatic heterocycles. The Morgan fingerprint density at radius 3 is 2.50 bits per heavy atom. The number of rotatable bonds is 4. The maximum absolute atomic E-state index is 11.8. The molecule has 2 fully saturated rings. The van der Waals surface area contributed by atoms with Crippen molar-refractivity contribution >= 4 is 6.03 Å². The van der Waals surface area contributed by atoms with Gasteiger partial charge in [0.25, 0.3) is 0 Å². The van der Waals surface area contributed by atoms with Crippen molar-refractivity contribution in [2.24, 2.45) is 5.92 Å². The summed E-state index contributed by atoms with van der Waals surface area (Å²) >= 11 is 0. The Hall–Kier alpha value is -1.25. The van der Waals surface area contributed by atoms with Gasteiger partial charge in [-0.15, -0.1) is 6.42 Å². The predicted molar refractivity (Wildman–Crippen MR) is 87.6 cm³/mol.